The van der Waals surface area contributed by atoms with E-state index in [-0.39, 0.29) is 0 Å². The van der Waals surface area contributed by atoms with Crippen molar-refractivity contribution in [1.82, 2.24) is 5.32 Å². The maximum absolute atomic E-state index is 5.38. The Balaban J connectivity index is 1.71. The van der Waals surface area contributed by atoms with Crippen LogP contribution in [-0.2, 0) is 11.3 Å². The molecule has 0 amide bonds. The van der Waals surface area contributed by atoms with E-state index < -0.39 is 0 Å². The maximum Gasteiger partial charge on any atom is 0.0572 e. The third kappa shape index (κ3) is 3.30. The van der Waals surface area contributed by atoms with Gasteiger partial charge in [-0.15, -0.1) is 11.3 Å². The molecule has 0 unspecified atom stereocenters. The largest absolute Gasteiger partial charge is 0.381 e. The van der Waals surface area contributed by atoms with Crippen LogP contribution >= 0.6 is 11.3 Å². The van der Waals surface area contributed by atoms with Gasteiger partial charge in [-0.1, -0.05) is 0 Å². The van der Waals surface area contributed by atoms with Crippen LogP contribution in [0.3, 0.4) is 0 Å². The highest BCUT2D eigenvalue weighted by Crippen LogP contribution is 2.21. The molecule has 0 saturated heterocycles. The van der Waals surface area contributed by atoms with E-state index in [1.165, 1.54) is 35.4 Å². The fraction of sp³-hybridized carbons (Fsp3) is 0.692. The van der Waals surface area contributed by atoms with Crippen molar-refractivity contribution in [3.63, 3.8) is 0 Å². The van der Waals surface area contributed by atoms with Gasteiger partial charge < -0.3 is 10.1 Å². The monoisotopic (exact) mass is 239 g/mol. The van der Waals surface area contributed by atoms with Crippen LogP contribution < -0.4 is 5.32 Å². The minimum atomic E-state index is 0.502. The molecule has 1 aliphatic rings. The molecule has 1 N–H and O–H groups in total. The molecule has 0 bridgehead atoms. The van der Waals surface area contributed by atoms with Gasteiger partial charge in [-0.05, 0) is 44.7 Å². The second-order valence-electron chi connectivity index (χ2n) is 4.60. The van der Waals surface area contributed by atoms with Gasteiger partial charge in [0.05, 0.1) is 6.10 Å². The molecule has 16 heavy (non-hydrogen) atoms. The number of thiophene rings is 1. The van der Waals surface area contributed by atoms with Crippen LogP contribution in [0.2, 0.25) is 0 Å². The van der Waals surface area contributed by atoms with Gasteiger partial charge in [0.1, 0.15) is 0 Å². The third-order valence-corrected chi connectivity index (χ3v) is 4.37. The Morgan fingerprint density at radius 2 is 2.06 bits per heavy atom. The molecule has 3 heteroatoms. The maximum atomic E-state index is 5.38. The summed E-state index contributed by atoms with van der Waals surface area (Å²) in [5.74, 6) is 0. The summed E-state index contributed by atoms with van der Waals surface area (Å²) in [6.07, 6.45) is 5.42. The second-order valence-corrected chi connectivity index (χ2v) is 5.98. The molecule has 1 fully saturated rings. The van der Waals surface area contributed by atoms with Gasteiger partial charge in [-0.2, -0.15) is 0 Å². The molecule has 90 valence electrons. The van der Waals surface area contributed by atoms with Crippen molar-refractivity contribution in [3.8, 4) is 0 Å². The Kier molecular flexibility index (Phi) is 4.38. The number of methoxy groups -OCH3 is 1. The van der Waals surface area contributed by atoms with E-state index in [0.29, 0.717) is 12.1 Å². The first-order valence-electron chi connectivity index (χ1n) is 6.09. The Morgan fingerprint density at radius 1 is 1.31 bits per heavy atom. The number of aryl methyl sites for hydroxylation is 1. The van der Waals surface area contributed by atoms with E-state index in [9.17, 15) is 0 Å². The lowest BCUT2D eigenvalue weighted by atomic mass is 9.93. The topological polar surface area (TPSA) is 21.3 Å². The molecule has 2 rings (SSSR count). The third-order valence-electron chi connectivity index (χ3n) is 3.37. The van der Waals surface area contributed by atoms with E-state index in [0.717, 1.165) is 6.54 Å². The summed E-state index contributed by atoms with van der Waals surface area (Å²) in [4.78, 5) is 2.85. The number of nitrogens with one attached hydrogen (secondary N) is 1. The van der Waals surface area contributed by atoms with Crippen LogP contribution in [0.5, 0.6) is 0 Å². The lowest BCUT2D eigenvalue weighted by Crippen LogP contribution is -2.34. The molecule has 0 atom stereocenters. The smallest absolute Gasteiger partial charge is 0.0572 e. The summed E-state index contributed by atoms with van der Waals surface area (Å²) >= 11 is 1.89. The highest BCUT2D eigenvalue weighted by molar-refractivity contribution is 7.11. The van der Waals surface area contributed by atoms with Crippen molar-refractivity contribution in [3.05, 3.63) is 21.9 Å². The number of hydrogen-bond acceptors (Lipinski definition) is 3. The lowest BCUT2D eigenvalue weighted by Gasteiger charge is -2.28. The SMILES string of the molecule is COC1CCC(NCc2ccc(C)s2)CC1. The molecule has 1 heterocycles. The Hall–Kier alpha value is -0.380. The van der Waals surface area contributed by atoms with Crippen LogP contribution in [0, 0.1) is 6.92 Å². The molecule has 2 nitrogen and oxygen atoms in total. The normalized spacial score (nSPS) is 25.9. The summed E-state index contributed by atoms with van der Waals surface area (Å²) in [5, 5.41) is 3.65. The molecular weight excluding hydrogens is 218 g/mol. The molecule has 0 radical (unpaired) electrons. The minimum absolute atomic E-state index is 0.502. The van der Waals surface area contributed by atoms with E-state index in [4.69, 9.17) is 4.74 Å². The molecule has 0 aromatic carbocycles. The van der Waals surface area contributed by atoms with E-state index >= 15 is 0 Å². The summed E-state index contributed by atoms with van der Waals surface area (Å²) in [5.41, 5.74) is 0. The van der Waals surface area contributed by atoms with E-state index in [1.807, 2.05) is 18.4 Å². The summed E-state index contributed by atoms with van der Waals surface area (Å²) in [7, 11) is 1.83. The van der Waals surface area contributed by atoms with Crippen molar-refractivity contribution in [2.24, 2.45) is 0 Å². The molecule has 1 aliphatic carbocycles. The zero-order valence-electron chi connectivity index (χ0n) is 10.2. The van der Waals surface area contributed by atoms with Gasteiger partial charge in [0, 0.05) is 29.5 Å². The number of rotatable bonds is 4. The van der Waals surface area contributed by atoms with Crippen LogP contribution in [0.1, 0.15) is 35.4 Å². The first kappa shape index (κ1) is 12.1. The summed E-state index contributed by atoms with van der Waals surface area (Å²) in [6.45, 7) is 3.19. The van der Waals surface area contributed by atoms with Crippen molar-refractivity contribution in [2.45, 2.75) is 51.3 Å². The van der Waals surface area contributed by atoms with Crippen LogP contribution in [0.15, 0.2) is 12.1 Å². The Morgan fingerprint density at radius 3 is 2.62 bits per heavy atom. The second kappa shape index (κ2) is 5.80. The quantitative estimate of drug-likeness (QED) is 0.871. The highest BCUT2D eigenvalue weighted by atomic mass is 32.1. The van der Waals surface area contributed by atoms with Gasteiger partial charge in [-0.25, -0.2) is 0 Å². The van der Waals surface area contributed by atoms with Gasteiger partial charge >= 0.3 is 0 Å². The number of ether oxygens (including phenoxy) is 1. The van der Waals surface area contributed by atoms with E-state index in [2.05, 4.69) is 24.4 Å². The van der Waals surface area contributed by atoms with Crippen molar-refractivity contribution < 1.29 is 4.74 Å². The minimum Gasteiger partial charge on any atom is -0.381 e. The predicted octanol–water partition coefficient (Wildman–Crippen LogP) is 3.10. The molecule has 1 aromatic heterocycles. The van der Waals surface area contributed by atoms with Gasteiger partial charge in [0.25, 0.3) is 0 Å². The standard InChI is InChI=1S/C13H21NOS/c1-10-3-8-13(16-10)9-14-11-4-6-12(15-2)7-5-11/h3,8,11-12,14H,4-7,9H2,1-2H3. The fourth-order valence-corrected chi connectivity index (χ4v) is 3.17. The summed E-state index contributed by atoms with van der Waals surface area (Å²) in [6, 6.07) is 5.12. The first-order valence-corrected chi connectivity index (χ1v) is 6.91. The van der Waals surface area contributed by atoms with E-state index in [1.54, 1.807) is 0 Å². The van der Waals surface area contributed by atoms with Crippen LogP contribution in [0.25, 0.3) is 0 Å². The zero-order valence-corrected chi connectivity index (χ0v) is 11.0. The van der Waals surface area contributed by atoms with Gasteiger partial charge in [0.15, 0.2) is 0 Å². The average Bonchev–Trinajstić information content (AvgIpc) is 2.73. The summed E-state index contributed by atoms with van der Waals surface area (Å²) < 4.78 is 5.38. The number of hydrogen-bond donors (Lipinski definition) is 1. The zero-order chi connectivity index (χ0) is 11.4. The van der Waals surface area contributed by atoms with Gasteiger partial charge in [0.2, 0.25) is 0 Å². The van der Waals surface area contributed by atoms with Crippen LogP contribution in [-0.4, -0.2) is 19.3 Å². The molecule has 1 saturated carbocycles. The molecule has 0 aliphatic heterocycles. The highest BCUT2D eigenvalue weighted by Gasteiger charge is 2.20. The van der Waals surface area contributed by atoms with Crippen molar-refractivity contribution in [1.29, 1.82) is 0 Å². The van der Waals surface area contributed by atoms with Crippen molar-refractivity contribution >= 4 is 11.3 Å². The lowest BCUT2D eigenvalue weighted by molar-refractivity contribution is 0.0624. The molecule has 1 aromatic rings. The average molecular weight is 239 g/mol. The van der Waals surface area contributed by atoms with Crippen LogP contribution in [0.4, 0.5) is 0 Å². The van der Waals surface area contributed by atoms with Gasteiger partial charge in [-0.3, -0.25) is 0 Å². The fourth-order valence-electron chi connectivity index (χ4n) is 2.33. The first-order chi connectivity index (χ1) is 7.78. The Labute approximate surface area is 102 Å². The Bertz CT molecular complexity index is 315. The predicted molar refractivity (Wildman–Crippen MR) is 68.9 cm³/mol. The molecular formula is C13H21NOS. The molecule has 0 spiro atoms. The van der Waals surface area contributed by atoms with Crippen molar-refractivity contribution in [2.75, 3.05) is 7.11 Å².